The fraction of sp³-hybridized carbons (Fsp3) is 0.706. The van der Waals surface area contributed by atoms with Crippen LogP contribution in [0, 0.1) is 12.3 Å². The number of piperidine rings is 1. The van der Waals surface area contributed by atoms with Gasteiger partial charge in [-0.3, -0.25) is 9.69 Å². The number of nitrogens with one attached hydrogen (secondary N) is 2. The minimum absolute atomic E-state index is 0.00732. The van der Waals surface area contributed by atoms with Gasteiger partial charge in [-0.05, 0) is 51.7 Å². The van der Waals surface area contributed by atoms with Crippen molar-refractivity contribution in [1.29, 1.82) is 0 Å². The van der Waals surface area contributed by atoms with Crippen LogP contribution in [0.25, 0.3) is 4.96 Å². The van der Waals surface area contributed by atoms with E-state index in [2.05, 4.69) is 32.7 Å². The molecule has 0 saturated carbocycles. The number of imidazole rings is 1. The number of carbonyl (C=O) groups is 1. The molecule has 2 aromatic heterocycles. The normalized spacial score (nSPS) is 23.5. The number of hydrogen-bond donors (Lipinski definition) is 2. The third-order valence-electron chi connectivity index (χ3n) is 5.58. The number of rotatable bonds is 4. The lowest BCUT2D eigenvalue weighted by atomic mass is 9.77. The molecule has 1 atom stereocenters. The molecule has 2 aliphatic rings. The number of hydrogen-bond acceptors (Lipinski definition) is 6. The zero-order valence-corrected chi connectivity index (χ0v) is 15.7. The van der Waals surface area contributed by atoms with E-state index in [1.165, 1.54) is 12.8 Å². The van der Waals surface area contributed by atoms with Gasteiger partial charge in [-0.2, -0.15) is 5.10 Å². The van der Waals surface area contributed by atoms with Crippen molar-refractivity contribution in [3.63, 3.8) is 0 Å². The summed E-state index contributed by atoms with van der Waals surface area (Å²) in [7, 11) is 2.08. The quantitative estimate of drug-likeness (QED) is 0.843. The highest BCUT2D eigenvalue weighted by Gasteiger charge is 2.45. The largest absolute Gasteiger partial charge is 0.354 e. The van der Waals surface area contributed by atoms with Crippen LogP contribution in [-0.4, -0.2) is 64.7 Å². The van der Waals surface area contributed by atoms with E-state index in [9.17, 15) is 4.79 Å². The summed E-state index contributed by atoms with van der Waals surface area (Å²) >= 11 is 1.59. The van der Waals surface area contributed by atoms with Gasteiger partial charge in [0.15, 0.2) is 0 Å². The van der Waals surface area contributed by atoms with Crippen LogP contribution in [0.5, 0.6) is 0 Å². The third-order valence-corrected chi connectivity index (χ3v) is 6.42. The Balaban J connectivity index is 1.30. The van der Waals surface area contributed by atoms with Gasteiger partial charge in [0.2, 0.25) is 10.9 Å². The van der Waals surface area contributed by atoms with Crippen LogP contribution >= 0.6 is 11.3 Å². The molecule has 0 aromatic carbocycles. The summed E-state index contributed by atoms with van der Waals surface area (Å²) in [5.74, 6) is 0.160. The lowest BCUT2D eigenvalue weighted by molar-refractivity contribution is -0.125. The van der Waals surface area contributed by atoms with Crippen LogP contribution in [0.15, 0.2) is 6.20 Å². The van der Waals surface area contributed by atoms with Crippen LogP contribution < -0.4 is 10.6 Å². The van der Waals surface area contributed by atoms with E-state index < -0.39 is 0 Å². The molecule has 2 N–H and O–H groups in total. The number of carbonyl (C=O) groups excluding carboxylic acids is 1. The van der Waals surface area contributed by atoms with Crippen molar-refractivity contribution in [2.45, 2.75) is 38.6 Å². The smallest absolute Gasteiger partial charge is 0.237 e. The van der Waals surface area contributed by atoms with Gasteiger partial charge in [0, 0.05) is 19.5 Å². The second-order valence-electron chi connectivity index (χ2n) is 7.51. The fourth-order valence-electron chi connectivity index (χ4n) is 4.28. The number of aryl methyl sites for hydroxylation is 1. The molecular formula is C17H26N6OS. The van der Waals surface area contributed by atoms with E-state index in [-0.39, 0.29) is 11.9 Å². The van der Waals surface area contributed by atoms with Crippen molar-refractivity contribution >= 4 is 22.2 Å². The first-order chi connectivity index (χ1) is 12.0. The Morgan fingerprint density at radius 2 is 2.28 bits per heavy atom. The zero-order chi connectivity index (χ0) is 17.4. The van der Waals surface area contributed by atoms with Gasteiger partial charge in [-0.25, -0.2) is 9.50 Å². The number of nitrogens with zero attached hydrogens (tertiary/aromatic N) is 4. The predicted octanol–water partition coefficient (Wildman–Crippen LogP) is 0.832. The molecule has 7 nitrogen and oxygen atoms in total. The first kappa shape index (κ1) is 16.9. The monoisotopic (exact) mass is 362 g/mol. The van der Waals surface area contributed by atoms with E-state index in [0.717, 1.165) is 48.1 Å². The van der Waals surface area contributed by atoms with Crippen molar-refractivity contribution in [3.8, 4) is 0 Å². The van der Waals surface area contributed by atoms with Gasteiger partial charge in [-0.1, -0.05) is 11.3 Å². The van der Waals surface area contributed by atoms with Gasteiger partial charge in [0.05, 0.1) is 17.9 Å². The molecule has 2 aromatic rings. The highest BCUT2D eigenvalue weighted by molar-refractivity contribution is 7.16. The van der Waals surface area contributed by atoms with Crippen molar-refractivity contribution in [3.05, 3.63) is 16.9 Å². The molecule has 2 fully saturated rings. The summed E-state index contributed by atoms with van der Waals surface area (Å²) in [4.78, 5) is 20.4. The van der Waals surface area contributed by atoms with E-state index in [4.69, 9.17) is 0 Å². The molecule has 0 unspecified atom stereocenters. The third kappa shape index (κ3) is 3.43. The van der Waals surface area contributed by atoms with Crippen LogP contribution in [0.4, 0.5) is 0 Å². The first-order valence-electron chi connectivity index (χ1n) is 9.05. The molecule has 0 aliphatic carbocycles. The number of likely N-dealkylation sites (tertiary alicyclic amines) is 1. The average Bonchev–Trinajstić information content (AvgIpc) is 3.19. The van der Waals surface area contributed by atoms with E-state index in [1.807, 2.05) is 17.6 Å². The maximum Gasteiger partial charge on any atom is 0.237 e. The second kappa shape index (κ2) is 6.66. The molecule has 1 amide bonds. The lowest BCUT2D eigenvalue weighted by Crippen LogP contribution is -2.42. The second-order valence-corrected chi connectivity index (χ2v) is 8.67. The Morgan fingerprint density at radius 3 is 3.04 bits per heavy atom. The zero-order valence-electron chi connectivity index (χ0n) is 14.9. The van der Waals surface area contributed by atoms with Gasteiger partial charge >= 0.3 is 0 Å². The molecule has 8 heteroatoms. The number of amides is 1. The molecule has 0 radical (unpaired) electrons. The van der Waals surface area contributed by atoms with Crippen molar-refractivity contribution in [2.24, 2.45) is 5.41 Å². The standard InChI is InChI=1S/C17H26N6OS/c1-12-21-23-10-13(20-16(23)25-12)3-6-19-15(24)14-9-17(11-22(14)2)4-7-18-8-5-17/h10,14,18H,3-9,11H2,1-2H3,(H,19,24)/t14-/m0/s1. The van der Waals surface area contributed by atoms with Crippen LogP contribution in [0.1, 0.15) is 30.0 Å². The first-order valence-corrected chi connectivity index (χ1v) is 9.87. The molecule has 2 saturated heterocycles. The van der Waals surface area contributed by atoms with Gasteiger partial charge in [0.25, 0.3) is 0 Å². The number of aromatic nitrogens is 3. The topological polar surface area (TPSA) is 74.6 Å². The maximum absolute atomic E-state index is 12.6. The van der Waals surface area contributed by atoms with E-state index in [0.29, 0.717) is 12.0 Å². The summed E-state index contributed by atoms with van der Waals surface area (Å²) < 4.78 is 1.82. The van der Waals surface area contributed by atoms with Gasteiger partial charge in [-0.15, -0.1) is 0 Å². The SMILES string of the molecule is Cc1nn2cc(CCNC(=O)[C@@H]3CC4(CCNCC4)CN3C)nc2s1. The average molecular weight is 363 g/mol. The van der Waals surface area contributed by atoms with Crippen molar-refractivity contribution in [2.75, 3.05) is 33.2 Å². The number of likely N-dealkylation sites (N-methyl/N-ethyl adjacent to an activating group) is 1. The molecule has 4 heterocycles. The number of fused-ring (bicyclic) bond motifs is 1. The maximum atomic E-state index is 12.6. The molecule has 2 aliphatic heterocycles. The summed E-state index contributed by atoms with van der Waals surface area (Å²) in [6.07, 6.45) is 6.04. The van der Waals surface area contributed by atoms with E-state index >= 15 is 0 Å². The summed E-state index contributed by atoms with van der Waals surface area (Å²) in [6.45, 7) is 5.80. The van der Waals surface area contributed by atoms with Crippen molar-refractivity contribution < 1.29 is 4.79 Å². The Morgan fingerprint density at radius 1 is 1.48 bits per heavy atom. The van der Waals surface area contributed by atoms with E-state index in [1.54, 1.807) is 11.3 Å². The highest BCUT2D eigenvalue weighted by atomic mass is 32.1. The fourth-order valence-corrected chi connectivity index (χ4v) is 5.02. The Labute approximate surface area is 151 Å². The minimum Gasteiger partial charge on any atom is -0.354 e. The Kier molecular flexibility index (Phi) is 4.51. The molecular weight excluding hydrogens is 336 g/mol. The molecule has 0 bridgehead atoms. The lowest BCUT2D eigenvalue weighted by Gasteiger charge is -2.33. The van der Waals surface area contributed by atoms with Crippen LogP contribution in [0.3, 0.4) is 0 Å². The van der Waals surface area contributed by atoms with Crippen LogP contribution in [0.2, 0.25) is 0 Å². The minimum atomic E-state index is 0.00732. The van der Waals surface area contributed by atoms with Crippen molar-refractivity contribution in [1.82, 2.24) is 30.1 Å². The molecule has 136 valence electrons. The molecule has 25 heavy (non-hydrogen) atoms. The summed E-state index contributed by atoms with van der Waals surface area (Å²) in [5.41, 5.74) is 1.31. The Bertz CT molecular complexity index is 731. The highest BCUT2D eigenvalue weighted by Crippen LogP contribution is 2.41. The Hall–Kier alpha value is -1.51. The molecule has 1 spiro atoms. The summed E-state index contributed by atoms with van der Waals surface area (Å²) in [6, 6.07) is 0.00732. The summed E-state index contributed by atoms with van der Waals surface area (Å²) in [5, 5.41) is 11.9. The predicted molar refractivity (Wildman–Crippen MR) is 97.9 cm³/mol. The molecule has 4 rings (SSSR count). The van der Waals surface area contributed by atoms with Gasteiger partial charge < -0.3 is 10.6 Å². The van der Waals surface area contributed by atoms with Gasteiger partial charge in [0.1, 0.15) is 5.01 Å². The van der Waals surface area contributed by atoms with Crippen LogP contribution in [-0.2, 0) is 11.2 Å².